The molecule has 2 aromatic carbocycles. The molecule has 1 unspecified atom stereocenters. The molecule has 0 bridgehead atoms. The third-order valence-corrected chi connectivity index (χ3v) is 3.17. The second-order valence-electron chi connectivity index (χ2n) is 5.64. The third-order valence-electron chi connectivity index (χ3n) is 3.17. The van der Waals surface area contributed by atoms with Gasteiger partial charge in [0, 0.05) is 12.0 Å². The van der Waals surface area contributed by atoms with Crippen LogP contribution in [0, 0.1) is 17.8 Å². The molecule has 0 radical (unpaired) electrons. The van der Waals surface area contributed by atoms with Crippen LogP contribution in [0.15, 0.2) is 60.7 Å². The van der Waals surface area contributed by atoms with Crippen molar-refractivity contribution in [3.63, 3.8) is 0 Å². The number of carbonyl (C=O) groups excluding carboxylic acids is 1. The standard InChI is InChI=1S/C20H21NO/c1-16(2)15-20(22)21-19(18-11-7-4-8-12-18)14-13-17-9-5-3-6-10-17/h3-12,16,19H,15H2,1-2H3,(H,21,22). The van der Waals surface area contributed by atoms with Gasteiger partial charge in [0.25, 0.3) is 0 Å². The van der Waals surface area contributed by atoms with Gasteiger partial charge in [0.05, 0.1) is 0 Å². The molecule has 0 spiro atoms. The molecule has 0 saturated carbocycles. The van der Waals surface area contributed by atoms with Gasteiger partial charge in [-0.3, -0.25) is 4.79 Å². The summed E-state index contributed by atoms with van der Waals surface area (Å²) in [5.74, 6) is 6.68. The Morgan fingerprint density at radius 3 is 2.18 bits per heavy atom. The number of nitrogens with one attached hydrogen (secondary N) is 1. The summed E-state index contributed by atoms with van der Waals surface area (Å²) in [7, 11) is 0. The molecule has 112 valence electrons. The van der Waals surface area contributed by atoms with E-state index in [1.54, 1.807) is 0 Å². The summed E-state index contributed by atoms with van der Waals surface area (Å²) < 4.78 is 0. The molecule has 1 atom stereocenters. The van der Waals surface area contributed by atoms with Crippen LogP contribution in [-0.4, -0.2) is 5.91 Å². The summed E-state index contributed by atoms with van der Waals surface area (Å²) in [6, 6.07) is 19.4. The van der Waals surface area contributed by atoms with Gasteiger partial charge in [-0.05, 0) is 23.6 Å². The Labute approximate surface area is 132 Å². The number of rotatable bonds is 4. The lowest BCUT2D eigenvalue weighted by atomic mass is 10.1. The Morgan fingerprint density at radius 1 is 1.00 bits per heavy atom. The van der Waals surface area contributed by atoms with Crippen LogP contribution in [0.2, 0.25) is 0 Å². The van der Waals surface area contributed by atoms with Crippen molar-refractivity contribution in [1.29, 1.82) is 0 Å². The number of amides is 1. The summed E-state index contributed by atoms with van der Waals surface area (Å²) in [6.45, 7) is 4.07. The summed E-state index contributed by atoms with van der Waals surface area (Å²) in [5, 5.41) is 3.02. The Morgan fingerprint density at radius 2 is 1.59 bits per heavy atom. The first-order chi connectivity index (χ1) is 10.6. The van der Waals surface area contributed by atoms with Crippen molar-refractivity contribution in [2.75, 3.05) is 0 Å². The fourth-order valence-electron chi connectivity index (χ4n) is 2.12. The lowest BCUT2D eigenvalue weighted by molar-refractivity contribution is -0.122. The molecule has 1 N–H and O–H groups in total. The Kier molecular flexibility index (Phi) is 5.80. The van der Waals surface area contributed by atoms with Gasteiger partial charge in [0.15, 0.2) is 0 Å². The highest BCUT2D eigenvalue weighted by atomic mass is 16.1. The third kappa shape index (κ3) is 5.10. The average molecular weight is 291 g/mol. The van der Waals surface area contributed by atoms with Crippen molar-refractivity contribution in [1.82, 2.24) is 5.32 Å². The lowest BCUT2D eigenvalue weighted by Crippen LogP contribution is -2.28. The minimum absolute atomic E-state index is 0.0335. The first-order valence-electron chi connectivity index (χ1n) is 7.56. The molecule has 0 aliphatic heterocycles. The molecule has 22 heavy (non-hydrogen) atoms. The molecule has 0 saturated heterocycles. The van der Waals surface area contributed by atoms with Crippen molar-refractivity contribution in [2.45, 2.75) is 26.3 Å². The van der Waals surface area contributed by atoms with E-state index in [4.69, 9.17) is 0 Å². The smallest absolute Gasteiger partial charge is 0.221 e. The molecular weight excluding hydrogens is 270 g/mol. The van der Waals surface area contributed by atoms with Crippen LogP contribution in [-0.2, 0) is 4.79 Å². The SMILES string of the molecule is CC(C)CC(=O)NC(C#Cc1ccccc1)c1ccccc1. The Bertz CT molecular complexity index is 650. The Hall–Kier alpha value is -2.53. The molecule has 0 aromatic heterocycles. The molecule has 2 rings (SSSR count). The predicted octanol–water partition coefficient (Wildman–Crippen LogP) is 3.94. The number of benzene rings is 2. The molecule has 0 fully saturated rings. The van der Waals surface area contributed by atoms with Gasteiger partial charge in [-0.25, -0.2) is 0 Å². The van der Waals surface area contributed by atoms with E-state index in [0.717, 1.165) is 11.1 Å². The predicted molar refractivity (Wildman–Crippen MR) is 90.1 cm³/mol. The van der Waals surface area contributed by atoms with Crippen LogP contribution >= 0.6 is 0 Å². The van der Waals surface area contributed by atoms with Crippen molar-refractivity contribution in [2.24, 2.45) is 5.92 Å². The highest BCUT2D eigenvalue weighted by Crippen LogP contribution is 2.13. The van der Waals surface area contributed by atoms with Crippen LogP contribution < -0.4 is 5.32 Å². The molecule has 2 nitrogen and oxygen atoms in total. The van der Waals surface area contributed by atoms with Crippen LogP contribution in [0.25, 0.3) is 0 Å². The second kappa shape index (κ2) is 8.05. The minimum Gasteiger partial charge on any atom is -0.338 e. The zero-order chi connectivity index (χ0) is 15.8. The van der Waals surface area contributed by atoms with Crippen molar-refractivity contribution < 1.29 is 4.79 Å². The van der Waals surface area contributed by atoms with E-state index in [1.165, 1.54) is 0 Å². The molecule has 0 aliphatic rings. The summed E-state index contributed by atoms with van der Waals surface area (Å²) in [6.07, 6.45) is 0.510. The maximum absolute atomic E-state index is 12.1. The topological polar surface area (TPSA) is 29.1 Å². The molecule has 2 aromatic rings. The number of hydrogen-bond acceptors (Lipinski definition) is 1. The van der Waals surface area contributed by atoms with Crippen LogP contribution in [0.1, 0.15) is 37.4 Å². The second-order valence-corrected chi connectivity index (χ2v) is 5.64. The van der Waals surface area contributed by atoms with E-state index < -0.39 is 0 Å². The summed E-state index contributed by atoms with van der Waals surface area (Å²) in [4.78, 5) is 12.1. The van der Waals surface area contributed by atoms with Gasteiger partial charge < -0.3 is 5.32 Å². The van der Waals surface area contributed by atoms with Crippen molar-refractivity contribution >= 4 is 5.91 Å². The maximum atomic E-state index is 12.1. The zero-order valence-electron chi connectivity index (χ0n) is 13.0. The first kappa shape index (κ1) is 15.9. The van der Waals surface area contributed by atoms with Gasteiger partial charge in [0.1, 0.15) is 6.04 Å². The zero-order valence-corrected chi connectivity index (χ0v) is 13.0. The van der Waals surface area contributed by atoms with E-state index in [0.29, 0.717) is 12.3 Å². The quantitative estimate of drug-likeness (QED) is 0.849. The van der Waals surface area contributed by atoms with Gasteiger partial charge in [0.2, 0.25) is 5.91 Å². The van der Waals surface area contributed by atoms with Gasteiger partial charge in [-0.2, -0.15) is 0 Å². The van der Waals surface area contributed by atoms with E-state index >= 15 is 0 Å². The fourth-order valence-corrected chi connectivity index (χ4v) is 2.12. The monoisotopic (exact) mass is 291 g/mol. The molecule has 2 heteroatoms. The van der Waals surface area contributed by atoms with Gasteiger partial charge in [-0.1, -0.05) is 74.2 Å². The number of carbonyl (C=O) groups is 1. The largest absolute Gasteiger partial charge is 0.338 e. The lowest BCUT2D eigenvalue weighted by Gasteiger charge is -2.14. The number of hydrogen-bond donors (Lipinski definition) is 1. The van der Waals surface area contributed by atoms with E-state index in [2.05, 4.69) is 17.2 Å². The van der Waals surface area contributed by atoms with Gasteiger partial charge in [-0.15, -0.1) is 0 Å². The maximum Gasteiger partial charge on any atom is 0.221 e. The fraction of sp³-hybridized carbons (Fsp3) is 0.250. The van der Waals surface area contributed by atoms with Crippen molar-refractivity contribution in [3.8, 4) is 11.8 Å². The van der Waals surface area contributed by atoms with Crippen LogP contribution in [0.3, 0.4) is 0 Å². The average Bonchev–Trinajstić information content (AvgIpc) is 2.52. The minimum atomic E-state index is -0.285. The van der Waals surface area contributed by atoms with E-state index in [9.17, 15) is 4.79 Å². The Balaban J connectivity index is 2.19. The highest BCUT2D eigenvalue weighted by molar-refractivity contribution is 5.77. The molecule has 0 heterocycles. The van der Waals surface area contributed by atoms with Crippen molar-refractivity contribution in [3.05, 3.63) is 71.8 Å². The first-order valence-corrected chi connectivity index (χ1v) is 7.56. The van der Waals surface area contributed by atoms with Gasteiger partial charge >= 0.3 is 0 Å². The van der Waals surface area contributed by atoms with E-state index in [1.807, 2.05) is 74.5 Å². The molecule has 0 aliphatic carbocycles. The van der Waals surface area contributed by atoms with Crippen LogP contribution in [0.5, 0.6) is 0 Å². The highest BCUT2D eigenvalue weighted by Gasteiger charge is 2.12. The molecular formula is C20H21NO. The molecule has 1 amide bonds. The normalized spacial score (nSPS) is 11.4. The van der Waals surface area contributed by atoms with Crippen LogP contribution in [0.4, 0.5) is 0 Å². The van der Waals surface area contributed by atoms with E-state index in [-0.39, 0.29) is 11.9 Å². The summed E-state index contributed by atoms with van der Waals surface area (Å²) >= 11 is 0. The summed E-state index contributed by atoms with van der Waals surface area (Å²) in [5.41, 5.74) is 1.95.